The van der Waals surface area contributed by atoms with Crippen LogP contribution in [0.25, 0.3) is 0 Å². The van der Waals surface area contributed by atoms with Crippen LogP contribution in [-0.4, -0.2) is 22.7 Å². The molecular formula is C16H11ClN2O3. The summed E-state index contributed by atoms with van der Waals surface area (Å²) in [6.45, 7) is 0. The second-order valence-electron chi connectivity index (χ2n) is 4.79. The topological polar surface area (TPSA) is 70.0 Å². The van der Waals surface area contributed by atoms with E-state index in [0.29, 0.717) is 16.4 Å². The average Bonchev–Trinajstić information content (AvgIpc) is 2.90. The Kier molecular flexibility index (Phi) is 3.65. The second-order valence-corrected chi connectivity index (χ2v) is 5.23. The third kappa shape index (κ3) is 2.71. The van der Waals surface area contributed by atoms with Crippen LogP contribution in [0.3, 0.4) is 0 Å². The summed E-state index contributed by atoms with van der Waals surface area (Å²) >= 11 is 5.85. The lowest BCUT2D eigenvalue weighted by atomic mass is 10.1. The quantitative estimate of drug-likeness (QED) is 0.946. The molecule has 2 aromatic rings. The second kappa shape index (κ2) is 5.61. The molecule has 1 N–H and O–H groups in total. The third-order valence-electron chi connectivity index (χ3n) is 3.29. The molecule has 1 heterocycles. The molecule has 5 nitrogen and oxygen atoms in total. The van der Waals surface area contributed by atoms with Crippen LogP contribution in [0.4, 0.5) is 5.69 Å². The molecule has 3 rings (SSSR count). The van der Waals surface area contributed by atoms with Crippen molar-refractivity contribution in [2.75, 3.05) is 5.01 Å². The van der Waals surface area contributed by atoms with Crippen LogP contribution < -0.4 is 5.01 Å². The fourth-order valence-corrected chi connectivity index (χ4v) is 2.33. The van der Waals surface area contributed by atoms with Crippen molar-refractivity contribution in [3.8, 4) is 0 Å². The Morgan fingerprint density at radius 3 is 2.59 bits per heavy atom. The van der Waals surface area contributed by atoms with Gasteiger partial charge in [-0.25, -0.2) is 9.80 Å². The highest BCUT2D eigenvalue weighted by molar-refractivity contribution is 6.30. The fraction of sp³-hybridized carbons (Fsp3) is 0.0625. The first-order chi connectivity index (χ1) is 10.5. The molecule has 22 heavy (non-hydrogen) atoms. The molecule has 6 heteroatoms. The normalized spacial score (nSPS) is 14.1. The summed E-state index contributed by atoms with van der Waals surface area (Å²) in [5, 5.41) is 15.2. The van der Waals surface area contributed by atoms with Gasteiger partial charge in [0.2, 0.25) is 0 Å². The van der Waals surface area contributed by atoms with E-state index >= 15 is 0 Å². The van der Waals surface area contributed by atoms with Gasteiger partial charge in [-0.05, 0) is 35.9 Å². The van der Waals surface area contributed by atoms with Crippen molar-refractivity contribution >= 4 is 34.9 Å². The number of rotatable bonds is 3. The van der Waals surface area contributed by atoms with Gasteiger partial charge in [-0.15, -0.1) is 0 Å². The van der Waals surface area contributed by atoms with Crippen LogP contribution in [0.15, 0.2) is 53.6 Å². The molecule has 0 unspecified atom stereocenters. The van der Waals surface area contributed by atoms with E-state index in [4.69, 9.17) is 16.7 Å². The summed E-state index contributed by atoms with van der Waals surface area (Å²) < 4.78 is 0. The summed E-state index contributed by atoms with van der Waals surface area (Å²) in [6.07, 6.45) is 0.166. The van der Waals surface area contributed by atoms with Crippen molar-refractivity contribution < 1.29 is 14.7 Å². The fourth-order valence-electron chi connectivity index (χ4n) is 2.20. The van der Waals surface area contributed by atoms with Crippen molar-refractivity contribution in [2.24, 2.45) is 5.10 Å². The lowest BCUT2D eigenvalue weighted by Crippen LogP contribution is -2.19. The van der Waals surface area contributed by atoms with E-state index in [1.54, 1.807) is 36.4 Å². The van der Waals surface area contributed by atoms with Gasteiger partial charge in [0.05, 0.1) is 23.4 Å². The average molecular weight is 315 g/mol. The predicted octanol–water partition coefficient (Wildman–Crippen LogP) is 3.18. The number of hydrogen-bond donors (Lipinski definition) is 1. The summed E-state index contributed by atoms with van der Waals surface area (Å²) in [4.78, 5) is 23.2. The SMILES string of the molecule is O=C(O)c1cccc(N2N=C(c3ccc(Cl)cc3)CC2=O)c1. The van der Waals surface area contributed by atoms with E-state index in [1.807, 2.05) is 0 Å². The molecular weight excluding hydrogens is 304 g/mol. The van der Waals surface area contributed by atoms with Crippen LogP contribution in [0.5, 0.6) is 0 Å². The van der Waals surface area contributed by atoms with Gasteiger partial charge < -0.3 is 5.11 Å². The van der Waals surface area contributed by atoms with E-state index in [2.05, 4.69) is 5.10 Å². The summed E-state index contributed by atoms with van der Waals surface area (Å²) in [6, 6.07) is 13.2. The number of nitrogens with zero attached hydrogens (tertiary/aromatic N) is 2. The molecule has 0 bridgehead atoms. The molecule has 1 aliphatic heterocycles. The Labute approximate surface area is 131 Å². The number of benzene rings is 2. The smallest absolute Gasteiger partial charge is 0.335 e. The number of carboxylic acid groups (broad SMARTS) is 1. The van der Waals surface area contributed by atoms with Gasteiger partial charge in [-0.2, -0.15) is 5.10 Å². The lowest BCUT2D eigenvalue weighted by molar-refractivity contribution is -0.116. The van der Waals surface area contributed by atoms with E-state index < -0.39 is 5.97 Å². The maximum Gasteiger partial charge on any atom is 0.335 e. The Bertz CT molecular complexity index is 784. The molecule has 0 radical (unpaired) electrons. The summed E-state index contributed by atoms with van der Waals surface area (Å²) in [7, 11) is 0. The highest BCUT2D eigenvalue weighted by atomic mass is 35.5. The molecule has 0 atom stereocenters. The maximum atomic E-state index is 12.1. The lowest BCUT2D eigenvalue weighted by Gasteiger charge is -2.11. The van der Waals surface area contributed by atoms with E-state index in [1.165, 1.54) is 17.1 Å². The number of halogens is 1. The number of anilines is 1. The molecule has 0 saturated heterocycles. The van der Waals surface area contributed by atoms with Crippen LogP contribution in [0, 0.1) is 0 Å². The Morgan fingerprint density at radius 1 is 1.18 bits per heavy atom. The van der Waals surface area contributed by atoms with Gasteiger partial charge in [0.15, 0.2) is 0 Å². The molecule has 1 amide bonds. The third-order valence-corrected chi connectivity index (χ3v) is 3.54. The zero-order chi connectivity index (χ0) is 15.7. The Hall–Kier alpha value is -2.66. The molecule has 2 aromatic carbocycles. The molecule has 0 saturated carbocycles. The van der Waals surface area contributed by atoms with E-state index in [-0.39, 0.29) is 17.9 Å². The van der Waals surface area contributed by atoms with Crippen LogP contribution in [0.1, 0.15) is 22.3 Å². The van der Waals surface area contributed by atoms with Crippen molar-refractivity contribution in [2.45, 2.75) is 6.42 Å². The highest BCUT2D eigenvalue weighted by Gasteiger charge is 2.26. The zero-order valence-electron chi connectivity index (χ0n) is 11.4. The van der Waals surface area contributed by atoms with Gasteiger partial charge in [0.1, 0.15) is 0 Å². The van der Waals surface area contributed by atoms with Crippen molar-refractivity contribution in [1.29, 1.82) is 0 Å². The molecule has 1 aliphatic rings. The minimum absolute atomic E-state index is 0.112. The Balaban J connectivity index is 1.94. The van der Waals surface area contributed by atoms with Crippen LogP contribution in [0.2, 0.25) is 5.02 Å². The van der Waals surface area contributed by atoms with Crippen molar-refractivity contribution in [3.05, 3.63) is 64.7 Å². The van der Waals surface area contributed by atoms with Crippen LogP contribution in [-0.2, 0) is 4.79 Å². The number of aromatic carboxylic acids is 1. The highest BCUT2D eigenvalue weighted by Crippen LogP contribution is 2.24. The summed E-state index contributed by atoms with van der Waals surface area (Å²) in [5.74, 6) is -1.25. The molecule has 0 fully saturated rings. The molecule has 0 spiro atoms. The molecule has 0 aromatic heterocycles. The van der Waals surface area contributed by atoms with Gasteiger partial charge >= 0.3 is 5.97 Å². The Morgan fingerprint density at radius 2 is 1.91 bits per heavy atom. The van der Waals surface area contributed by atoms with Gasteiger partial charge in [0, 0.05) is 5.02 Å². The molecule has 110 valence electrons. The zero-order valence-corrected chi connectivity index (χ0v) is 12.1. The first kappa shape index (κ1) is 14.3. The largest absolute Gasteiger partial charge is 0.478 e. The summed E-state index contributed by atoms with van der Waals surface area (Å²) in [5.41, 5.74) is 1.99. The van der Waals surface area contributed by atoms with Gasteiger partial charge in [-0.3, -0.25) is 4.79 Å². The number of hydrazone groups is 1. The van der Waals surface area contributed by atoms with Crippen molar-refractivity contribution in [3.63, 3.8) is 0 Å². The molecule has 0 aliphatic carbocycles. The maximum absolute atomic E-state index is 12.1. The number of carbonyl (C=O) groups excluding carboxylic acids is 1. The van der Waals surface area contributed by atoms with Gasteiger partial charge in [0.25, 0.3) is 5.91 Å². The number of hydrogen-bond acceptors (Lipinski definition) is 3. The number of carbonyl (C=O) groups is 2. The van der Waals surface area contributed by atoms with E-state index in [9.17, 15) is 9.59 Å². The van der Waals surface area contributed by atoms with E-state index in [0.717, 1.165) is 5.56 Å². The minimum Gasteiger partial charge on any atom is -0.478 e. The van der Waals surface area contributed by atoms with Gasteiger partial charge in [-0.1, -0.05) is 29.8 Å². The van der Waals surface area contributed by atoms with Crippen LogP contribution >= 0.6 is 11.6 Å². The minimum atomic E-state index is -1.05. The first-order valence-electron chi connectivity index (χ1n) is 6.54. The van der Waals surface area contributed by atoms with Crippen molar-refractivity contribution in [1.82, 2.24) is 0 Å². The number of carboxylic acids is 1. The monoisotopic (exact) mass is 314 g/mol. The number of amides is 1. The first-order valence-corrected chi connectivity index (χ1v) is 6.92. The standard InChI is InChI=1S/C16H11ClN2O3/c17-12-6-4-10(5-7-12)14-9-15(20)19(18-14)13-3-1-2-11(8-13)16(21)22/h1-8H,9H2,(H,21,22). The predicted molar refractivity (Wildman–Crippen MR) is 83.5 cm³/mol.